The maximum absolute atomic E-state index is 11.0. The molecule has 0 fully saturated rings. The van der Waals surface area contributed by atoms with Gasteiger partial charge in [0.25, 0.3) is 0 Å². The molecule has 0 aromatic heterocycles. The van der Waals surface area contributed by atoms with Crippen LogP contribution in [0.15, 0.2) is 11.1 Å². The number of allylic oxidation sites excluding steroid dienone is 1. The van der Waals surface area contributed by atoms with Crippen molar-refractivity contribution >= 4 is 5.97 Å². The minimum Gasteiger partial charge on any atom is -0.462 e. The van der Waals surface area contributed by atoms with Gasteiger partial charge in [-0.2, -0.15) is 0 Å². The van der Waals surface area contributed by atoms with Gasteiger partial charge in [0.1, 0.15) is 12.2 Å². The smallest absolute Gasteiger partial charge is 0.302 e. The summed E-state index contributed by atoms with van der Waals surface area (Å²) in [7, 11) is 0. The monoisotopic (exact) mass is 250 g/mol. The highest BCUT2D eigenvalue weighted by molar-refractivity contribution is 5.66. The summed E-state index contributed by atoms with van der Waals surface area (Å²) in [5.74, 6) is 5.64. The van der Waals surface area contributed by atoms with Crippen molar-refractivity contribution in [3.8, 4) is 11.8 Å². The summed E-state index contributed by atoms with van der Waals surface area (Å²) in [6.07, 6.45) is 0.822. The Morgan fingerprint density at radius 1 is 1.56 bits per heavy atom. The lowest BCUT2D eigenvalue weighted by atomic mass is 9.72. The molecule has 0 bridgehead atoms. The Bertz CT molecular complexity index is 419. The highest BCUT2D eigenvalue weighted by atomic mass is 16.5. The van der Waals surface area contributed by atoms with Crippen LogP contribution in [0.3, 0.4) is 0 Å². The van der Waals surface area contributed by atoms with E-state index in [1.165, 1.54) is 6.92 Å². The molecule has 0 unspecified atom stereocenters. The number of carbonyl (C=O) groups excluding carboxylic acids is 1. The Labute approximate surface area is 109 Å². The minimum absolute atomic E-state index is 0.0606. The molecule has 0 radical (unpaired) electrons. The second kappa shape index (κ2) is 5.58. The van der Waals surface area contributed by atoms with Gasteiger partial charge >= 0.3 is 5.97 Å². The molecule has 0 amide bonds. The van der Waals surface area contributed by atoms with Crippen molar-refractivity contribution in [1.82, 2.24) is 0 Å². The van der Waals surface area contributed by atoms with E-state index in [1.807, 2.05) is 6.92 Å². The van der Waals surface area contributed by atoms with Crippen molar-refractivity contribution in [3.63, 3.8) is 0 Å². The molecule has 1 aliphatic rings. The van der Waals surface area contributed by atoms with Gasteiger partial charge < -0.3 is 9.84 Å². The zero-order valence-electron chi connectivity index (χ0n) is 11.8. The molecule has 0 aromatic rings. The molecule has 3 heteroatoms. The van der Waals surface area contributed by atoms with Gasteiger partial charge in [-0.15, -0.1) is 0 Å². The molecule has 0 aromatic carbocycles. The second-order valence-electron chi connectivity index (χ2n) is 5.62. The van der Waals surface area contributed by atoms with E-state index in [-0.39, 0.29) is 17.5 Å². The first-order chi connectivity index (χ1) is 8.22. The molecule has 0 saturated heterocycles. The van der Waals surface area contributed by atoms with Crippen LogP contribution in [0.5, 0.6) is 0 Å². The van der Waals surface area contributed by atoms with Crippen LogP contribution >= 0.6 is 0 Å². The molecule has 1 N–H and O–H groups in total. The normalized spacial score (nSPS) is 24.0. The predicted octanol–water partition coefficient (Wildman–Crippen LogP) is 2.44. The molecular formula is C15H22O3. The third-order valence-corrected chi connectivity index (χ3v) is 3.11. The maximum Gasteiger partial charge on any atom is 0.302 e. The van der Waals surface area contributed by atoms with Crippen LogP contribution in [-0.4, -0.2) is 23.3 Å². The van der Waals surface area contributed by atoms with Gasteiger partial charge in [0.05, 0.1) is 0 Å². The number of esters is 1. The van der Waals surface area contributed by atoms with Gasteiger partial charge in [-0.25, -0.2) is 0 Å². The number of ether oxygens (including phenoxy) is 1. The Hall–Kier alpha value is -1.27. The van der Waals surface area contributed by atoms with E-state index in [2.05, 4.69) is 25.7 Å². The van der Waals surface area contributed by atoms with Crippen LogP contribution < -0.4 is 0 Å². The fourth-order valence-corrected chi connectivity index (χ4v) is 2.54. The van der Waals surface area contributed by atoms with Gasteiger partial charge in [0.2, 0.25) is 0 Å². The van der Waals surface area contributed by atoms with E-state index in [0.717, 1.165) is 24.0 Å². The van der Waals surface area contributed by atoms with Gasteiger partial charge in [0, 0.05) is 24.3 Å². The van der Waals surface area contributed by atoms with Crippen LogP contribution in [0.1, 0.15) is 47.5 Å². The SMILES string of the molecule is CC(=O)O[C@@H]1CC(C)=C(C#C[C@@H](C)O)C(C)(C)C1. The average Bonchev–Trinajstić information content (AvgIpc) is 2.12. The standard InChI is InChI=1S/C15H22O3/c1-10-8-13(18-12(3)17)9-15(4,5)14(10)7-6-11(2)16/h11,13,16H,8-9H2,1-5H3/t11-,13-/m1/s1. The van der Waals surface area contributed by atoms with E-state index in [0.29, 0.717) is 0 Å². The Kier molecular flexibility index (Phi) is 4.59. The first-order valence-corrected chi connectivity index (χ1v) is 6.29. The minimum atomic E-state index is -0.618. The molecule has 2 atom stereocenters. The fourth-order valence-electron chi connectivity index (χ4n) is 2.54. The van der Waals surface area contributed by atoms with Crippen molar-refractivity contribution < 1.29 is 14.6 Å². The molecule has 3 nitrogen and oxygen atoms in total. The number of aliphatic hydroxyl groups excluding tert-OH is 1. The van der Waals surface area contributed by atoms with Crippen molar-refractivity contribution in [2.45, 2.75) is 59.7 Å². The molecule has 18 heavy (non-hydrogen) atoms. The largest absolute Gasteiger partial charge is 0.462 e. The van der Waals surface area contributed by atoms with E-state index < -0.39 is 6.10 Å². The number of hydrogen-bond donors (Lipinski definition) is 1. The third-order valence-electron chi connectivity index (χ3n) is 3.11. The van der Waals surface area contributed by atoms with Gasteiger partial charge in [-0.3, -0.25) is 4.79 Å². The fraction of sp³-hybridized carbons (Fsp3) is 0.667. The number of hydrogen-bond acceptors (Lipinski definition) is 3. The summed E-state index contributed by atoms with van der Waals surface area (Å²) in [6, 6.07) is 0. The lowest BCUT2D eigenvalue weighted by Gasteiger charge is -2.36. The molecule has 0 saturated carbocycles. The first kappa shape index (κ1) is 14.8. The molecule has 1 rings (SSSR count). The summed E-state index contributed by atoms with van der Waals surface area (Å²) in [5, 5.41) is 9.24. The zero-order valence-corrected chi connectivity index (χ0v) is 11.8. The van der Waals surface area contributed by atoms with Gasteiger partial charge in [-0.05, 0) is 20.3 Å². The zero-order chi connectivity index (χ0) is 13.9. The van der Waals surface area contributed by atoms with Crippen LogP contribution in [-0.2, 0) is 9.53 Å². The molecule has 1 aliphatic carbocycles. The third kappa shape index (κ3) is 3.89. The number of rotatable bonds is 1. The van der Waals surface area contributed by atoms with E-state index in [4.69, 9.17) is 4.74 Å². The summed E-state index contributed by atoms with van der Waals surface area (Å²) < 4.78 is 5.30. The average molecular weight is 250 g/mol. The van der Waals surface area contributed by atoms with Crippen molar-refractivity contribution in [1.29, 1.82) is 0 Å². The molecule has 100 valence electrons. The summed E-state index contributed by atoms with van der Waals surface area (Å²) in [4.78, 5) is 11.0. The number of aliphatic hydroxyl groups is 1. The highest BCUT2D eigenvalue weighted by Gasteiger charge is 2.34. The first-order valence-electron chi connectivity index (χ1n) is 6.29. The lowest BCUT2D eigenvalue weighted by molar-refractivity contribution is -0.147. The molecule has 0 spiro atoms. The summed E-state index contributed by atoms with van der Waals surface area (Å²) >= 11 is 0. The van der Waals surface area contributed by atoms with Crippen LogP contribution in [0.4, 0.5) is 0 Å². The molecule has 0 aliphatic heterocycles. The summed E-state index contributed by atoms with van der Waals surface area (Å²) in [6.45, 7) is 9.30. The van der Waals surface area contributed by atoms with E-state index in [1.54, 1.807) is 6.92 Å². The Morgan fingerprint density at radius 2 is 2.17 bits per heavy atom. The Morgan fingerprint density at radius 3 is 2.61 bits per heavy atom. The van der Waals surface area contributed by atoms with Gasteiger partial charge in [-0.1, -0.05) is 31.3 Å². The van der Waals surface area contributed by atoms with E-state index >= 15 is 0 Å². The van der Waals surface area contributed by atoms with Crippen molar-refractivity contribution in [3.05, 3.63) is 11.1 Å². The van der Waals surface area contributed by atoms with Crippen molar-refractivity contribution in [2.75, 3.05) is 0 Å². The van der Waals surface area contributed by atoms with Gasteiger partial charge in [0.15, 0.2) is 0 Å². The molecular weight excluding hydrogens is 228 g/mol. The Balaban J connectivity index is 2.97. The lowest BCUT2D eigenvalue weighted by Crippen LogP contribution is -2.31. The highest BCUT2D eigenvalue weighted by Crippen LogP contribution is 2.40. The summed E-state index contributed by atoms with van der Waals surface area (Å²) in [5.41, 5.74) is 2.09. The van der Waals surface area contributed by atoms with Crippen LogP contribution in [0.25, 0.3) is 0 Å². The quantitative estimate of drug-likeness (QED) is 0.574. The topological polar surface area (TPSA) is 46.5 Å². The van der Waals surface area contributed by atoms with E-state index in [9.17, 15) is 9.90 Å². The number of carbonyl (C=O) groups is 1. The maximum atomic E-state index is 11.0. The molecule has 0 heterocycles. The van der Waals surface area contributed by atoms with Crippen LogP contribution in [0.2, 0.25) is 0 Å². The van der Waals surface area contributed by atoms with Crippen molar-refractivity contribution in [2.24, 2.45) is 5.41 Å². The second-order valence-corrected chi connectivity index (χ2v) is 5.62. The predicted molar refractivity (Wildman–Crippen MR) is 70.7 cm³/mol. The van der Waals surface area contributed by atoms with Crippen LogP contribution in [0, 0.1) is 17.3 Å².